The third-order valence-electron chi connectivity index (χ3n) is 2.74. The predicted octanol–water partition coefficient (Wildman–Crippen LogP) is 3.83. The maximum absolute atomic E-state index is 13.0. The van der Waals surface area contributed by atoms with Crippen LogP contribution in [-0.2, 0) is 6.42 Å². The fraction of sp³-hybridized carbons (Fsp3) is 0.538. The third-order valence-corrected chi connectivity index (χ3v) is 2.74. The second-order valence-electron chi connectivity index (χ2n) is 4.36. The van der Waals surface area contributed by atoms with E-state index in [9.17, 15) is 22.0 Å². The van der Waals surface area contributed by atoms with Crippen LogP contribution in [-0.4, -0.2) is 18.8 Å². The summed E-state index contributed by atoms with van der Waals surface area (Å²) in [7, 11) is 0. The van der Waals surface area contributed by atoms with Crippen LogP contribution in [0.2, 0.25) is 0 Å². The van der Waals surface area contributed by atoms with E-state index in [-0.39, 0.29) is 12.8 Å². The summed E-state index contributed by atoms with van der Waals surface area (Å²) in [5, 5.41) is 2.92. The van der Waals surface area contributed by atoms with Gasteiger partial charge in [-0.3, -0.25) is 0 Å². The van der Waals surface area contributed by atoms with Gasteiger partial charge in [-0.15, -0.1) is 0 Å². The number of rotatable bonds is 6. The summed E-state index contributed by atoms with van der Waals surface area (Å²) in [6.07, 6.45) is -4.95. The van der Waals surface area contributed by atoms with Crippen molar-refractivity contribution in [3.63, 3.8) is 0 Å². The van der Waals surface area contributed by atoms with E-state index in [0.717, 1.165) is 12.1 Å². The lowest BCUT2D eigenvalue weighted by Crippen LogP contribution is -2.32. The molecule has 6 heteroatoms. The van der Waals surface area contributed by atoms with Gasteiger partial charge in [0.05, 0.1) is 0 Å². The van der Waals surface area contributed by atoms with Gasteiger partial charge in [-0.25, -0.2) is 8.78 Å². The van der Waals surface area contributed by atoms with Crippen LogP contribution >= 0.6 is 0 Å². The first-order chi connectivity index (χ1) is 8.81. The molecule has 0 aliphatic heterocycles. The highest BCUT2D eigenvalue weighted by Gasteiger charge is 2.28. The number of likely N-dealkylation sites (N-methyl/N-ethyl adjacent to an activating group) is 1. The highest BCUT2D eigenvalue weighted by Crippen LogP contribution is 2.23. The molecule has 0 spiro atoms. The van der Waals surface area contributed by atoms with E-state index in [1.54, 1.807) is 6.92 Å². The molecule has 1 aromatic rings. The molecule has 1 atom stereocenters. The Balaban J connectivity index is 2.64. The predicted molar refractivity (Wildman–Crippen MR) is 62.8 cm³/mol. The number of benzene rings is 1. The SMILES string of the molecule is CCNC(CCC(F)(F)F)Cc1ccc(F)c(F)c1. The van der Waals surface area contributed by atoms with Gasteiger partial charge in [0.1, 0.15) is 0 Å². The zero-order valence-corrected chi connectivity index (χ0v) is 10.5. The molecule has 1 nitrogen and oxygen atoms in total. The molecule has 0 amide bonds. The van der Waals surface area contributed by atoms with E-state index in [4.69, 9.17) is 0 Å². The Morgan fingerprint density at radius 1 is 1.16 bits per heavy atom. The number of halogens is 5. The molecule has 0 aliphatic rings. The first kappa shape index (κ1) is 15.9. The van der Waals surface area contributed by atoms with Crippen molar-refractivity contribution in [1.82, 2.24) is 5.32 Å². The van der Waals surface area contributed by atoms with Crippen molar-refractivity contribution in [2.45, 2.75) is 38.4 Å². The lowest BCUT2D eigenvalue weighted by atomic mass is 10.0. The van der Waals surface area contributed by atoms with Crippen LogP contribution in [0.5, 0.6) is 0 Å². The monoisotopic (exact) mass is 281 g/mol. The van der Waals surface area contributed by atoms with Crippen LogP contribution in [0.1, 0.15) is 25.3 Å². The molecular weight excluding hydrogens is 265 g/mol. The van der Waals surface area contributed by atoms with Gasteiger partial charge < -0.3 is 5.32 Å². The maximum Gasteiger partial charge on any atom is 0.389 e. The van der Waals surface area contributed by atoms with Crippen molar-refractivity contribution in [1.29, 1.82) is 0 Å². The minimum absolute atomic E-state index is 0.0870. The van der Waals surface area contributed by atoms with E-state index >= 15 is 0 Å². The molecule has 19 heavy (non-hydrogen) atoms. The van der Waals surface area contributed by atoms with Crippen LogP contribution in [0.25, 0.3) is 0 Å². The second-order valence-corrected chi connectivity index (χ2v) is 4.36. The molecule has 0 aromatic heterocycles. The van der Waals surface area contributed by atoms with Crippen LogP contribution < -0.4 is 5.32 Å². The van der Waals surface area contributed by atoms with Gasteiger partial charge in [-0.05, 0) is 37.1 Å². The minimum Gasteiger partial charge on any atom is -0.314 e. The largest absolute Gasteiger partial charge is 0.389 e. The Morgan fingerprint density at radius 2 is 1.84 bits per heavy atom. The van der Waals surface area contributed by atoms with Gasteiger partial charge in [0.15, 0.2) is 11.6 Å². The Kier molecular flexibility index (Phi) is 5.72. The molecule has 108 valence electrons. The zero-order valence-electron chi connectivity index (χ0n) is 10.5. The van der Waals surface area contributed by atoms with E-state index in [0.29, 0.717) is 12.1 Å². The first-order valence-electron chi connectivity index (χ1n) is 6.06. The molecule has 0 saturated carbocycles. The Bertz CT molecular complexity index is 403. The topological polar surface area (TPSA) is 12.0 Å². The van der Waals surface area contributed by atoms with Crippen molar-refractivity contribution in [3.8, 4) is 0 Å². The highest BCUT2D eigenvalue weighted by atomic mass is 19.4. The Labute approximate surface area is 108 Å². The molecule has 0 saturated heterocycles. The van der Waals surface area contributed by atoms with Crippen molar-refractivity contribution in [3.05, 3.63) is 35.4 Å². The summed E-state index contributed by atoms with van der Waals surface area (Å²) in [6, 6.07) is 2.98. The summed E-state index contributed by atoms with van der Waals surface area (Å²) in [5.74, 6) is -1.94. The summed E-state index contributed by atoms with van der Waals surface area (Å²) < 4.78 is 62.3. The summed E-state index contributed by atoms with van der Waals surface area (Å²) in [4.78, 5) is 0. The Morgan fingerprint density at radius 3 is 2.37 bits per heavy atom. The van der Waals surface area contributed by atoms with E-state index in [2.05, 4.69) is 5.32 Å². The van der Waals surface area contributed by atoms with Crippen molar-refractivity contribution >= 4 is 0 Å². The van der Waals surface area contributed by atoms with Gasteiger partial charge in [-0.2, -0.15) is 13.2 Å². The summed E-state index contributed by atoms with van der Waals surface area (Å²) in [5.41, 5.74) is 0.479. The van der Waals surface area contributed by atoms with Crippen molar-refractivity contribution < 1.29 is 22.0 Å². The van der Waals surface area contributed by atoms with Crippen LogP contribution in [0, 0.1) is 11.6 Å². The number of hydrogen-bond donors (Lipinski definition) is 1. The fourth-order valence-corrected chi connectivity index (χ4v) is 1.85. The molecule has 0 fully saturated rings. The molecule has 1 aromatic carbocycles. The fourth-order valence-electron chi connectivity index (χ4n) is 1.85. The molecule has 0 bridgehead atoms. The quantitative estimate of drug-likeness (QED) is 0.781. The van der Waals surface area contributed by atoms with Gasteiger partial charge >= 0.3 is 6.18 Å². The second kappa shape index (κ2) is 6.84. The molecule has 1 unspecified atom stereocenters. The molecule has 1 N–H and O–H groups in total. The minimum atomic E-state index is -4.21. The Hall–Kier alpha value is -1.17. The van der Waals surface area contributed by atoms with Crippen molar-refractivity contribution in [2.75, 3.05) is 6.54 Å². The highest BCUT2D eigenvalue weighted by molar-refractivity contribution is 5.18. The summed E-state index contributed by atoms with van der Waals surface area (Å²) >= 11 is 0. The van der Waals surface area contributed by atoms with E-state index < -0.39 is 30.3 Å². The molecule has 0 aliphatic carbocycles. The average Bonchev–Trinajstić information content (AvgIpc) is 2.30. The maximum atomic E-state index is 13.0. The smallest absolute Gasteiger partial charge is 0.314 e. The van der Waals surface area contributed by atoms with E-state index in [1.165, 1.54) is 6.07 Å². The third kappa shape index (κ3) is 6.00. The van der Waals surface area contributed by atoms with Gasteiger partial charge in [0, 0.05) is 12.5 Å². The van der Waals surface area contributed by atoms with E-state index in [1.807, 2.05) is 0 Å². The molecular formula is C13H16F5N. The standard InChI is InChI=1S/C13H16F5N/c1-2-19-10(5-6-13(16,17)18)7-9-3-4-11(14)12(15)8-9/h3-4,8,10,19H,2,5-7H2,1H3. The normalized spacial score (nSPS) is 13.6. The molecule has 0 heterocycles. The lowest BCUT2D eigenvalue weighted by molar-refractivity contribution is -0.136. The summed E-state index contributed by atoms with van der Waals surface area (Å²) in [6.45, 7) is 2.30. The van der Waals surface area contributed by atoms with Crippen LogP contribution in [0.15, 0.2) is 18.2 Å². The van der Waals surface area contributed by atoms with Gasteiger partial charge in [-0.1, -0.05) is 13.0 Å². The van der Waals surface area contributed by atoms with Crippen molar-refractivity contribution in [2.24, 2.45) is 0 Å². The number of alkyl halides is 3. The van der Waals surface area contributed by atoms with Gasteiger partial charge in [0.2, 0.25) is 0 Å². The first-order valence-corrected chi connectivity index (χ1v) is 6.06. The lowest BCUT2D eigenvalue weighted by Gasteiger charge is -2.19. The van der Waals surface area contributed by atoms with Crippen LogP contribution in [0.4, 0.5) is 22.0 Å². The average molecular weight is 281 g/mol. The molecule has 1 rings (SSSR count). The van der Waals surface area contributed by atoms with Gasteiger partial charge in [0.25, 0.3) is 0 Å². The molecule has 0 radical (unpaired) electrons. The van der Waals surface area contributed by atoms with Crippen LogP contribution in [0.3, 0.4) is 0 Å². The number of hydrogen-bond acceptors (Lipinski definition) is 1. The zero-order chi connectivity index (χ0) is 14.5. The number of nitrogens with one attached hydrogen (secondary N) is 1.